The lowest BCUT2D eigenvalue weighted by Crippen LogP contribution is -2.34. The van der Waals surface area contributed by atoms with Crippen molar-refractivity contribution in [3.8, 4) is 11.5 Å². The summed E-state index contributed by atoms with van der Waals surface area (Å²) in [6.07, 6.45) is 3.22. The monoisotopic (exact) mass is 498 g/mol. The molecule has 1 fully saturated rings. The van der Waals surface area contributed by atoms with E-state index in [1.807, 2.05) is 18.2 Å². The number of carbonyl (C=O) groups is 1. The number of hydrogen-bond acceptors (Lipinski definition) is 4. The van der Waals surface area contributed by atoms with Crippen LogP contribution in [0.15, 0.2) is 66.7 Å². The molecule has 0 spiro atoms. The van der Waals surface area contributed by atoms with Crippen molar-refractivity contribution in [2.45, 2.75) is 58.5 Å². The van der Waals surface area contributed by atoms with E-state index in [2.05, 4.69) is 79.5 Å². The maximum absolute atomic E-state index is 13.0. The number of carbonyl (C=O) groups excluding carboxylic acids is 1. The first-order valence-corrected chi connectivity index (χ1v) is 13.6. The summed E-state index contributed by atoms with van der Waals surface area (Å²) in [5, 5.41) is 3.21. The highest BCUT2D eigenvalue weighted by Gasteiger charge is 2.25. The summed E-state index contributed by atoms with van der Waals surface area (Å²) < 4.78 is 11.0. The molecular weight excluding hydrogens is 460 g/mol. The predicted octanol–water partition coefficient (Wildman–Crippen LogP) is 6.62. The summed E-state index contributed by atoms with van der Waals surface area (Å²) >= 11 is 0. The third kappa shape index (κ3) is 5.99. The van der Waals surface area contributed by atoms with Crippen molar-refractivity contribution in [2.24, 2.45) is 5.92 Å². The zero-order valence-corrected chi connectivity index (χ0v) is 22.2. The van der Waals surface area contributed by atoms with Gasteiger partial charge in [0.15, 0.2) is 11.5 Å². The number of rotatable bonds is 8. The fraction of sp³-hybridized carbons (Fsp3) is 0.406. The summed E-state index contributed by atoms with van der Waals surface area (Å²) in [6.45, 7) is 9.98. The first-order chi connectivity index (χ1) is 18.0. The van der Waals surface area contributed by atoms with Crippen molar-refractivity contribution in [2.75, 3.05) is 19.9 Å². The highest BCUT2D eigenvalue weighted by Crippen LogP contribution is 2.35. The Morgan fingerprint density at radius 3 is 2.32 bits per heavy atom. The van der Waals surface area contributed by atoms with E-state index < -0.39 is 0 Å². The number of ether oxygens (including phenoxy) is 2. The van der Waals surface area contributed by atoms with Gasteiger partial charge in [-0.05, 0) is 92.1 Å². The Hall–Kier alpha value is -3.31. The third-order valence-corrected chi connectivity index (χ3v) is 8.07. The highest BCUT2D eigenvalue weighted by molar-refractivity contribution is 5.94. The Balaban J connectivity index is 1.13. The maximum atomic E-state index is 13.0. The number of nitrogens with one attached hydrogen (secondary N) is 1. The van der Waals surface area contributed by atoms with Crippen LogP contribution in [0.1, 0.15) is 77.7 Å². The van der Waals surface area contributed by atoms with Crippen LogP contribution >= 0.6 is 0 Å². The number of piperidine rings is 1. The molecule has 5 nitrogen and oxygen atoms in total. The van der Waals surface area contributed by atoms with Crippen molar-refractivity contribution < 1.29 is 14.3 Å². The SMILES string of the molecule is CC[C@@H](NC(=O)c1ccc(C(C)C2CCN(Cc3ccc4c(c3)OCO4)CC2)cc1)c1ccc(C)cc1. The second-order valence-corrected chi connectivity index (χ2v) is 10.6. The molecule has 2 aliphatic heterocycles. The molecule has 194 valence electrons. The molecule has 0 aromatic heterocycles. The van der Waals surface area contributed by atoms with E-state index in [-0.39, 0.29) is 11.9 Å². The summed E-state index contributed by atoms with van der Waals surface area (Å²) in [5.41, 5.74) is 5.69. The van der Waals surface area contributed by atoms with Gasteiger partial charge in [-0.1, -0.05) is 61.9 Å². The lowest BCUT2D eigenvalue weighted by molar-refractivity contribution is 0.0935. The van der Waals surface area contributed by atoms with Gasteiger partial charge in [0.2, 0.25) is 6.79 Å². The lowest BCUT2D eigenvalue weighted by Gasteiger charge is -2.35. The number of likely N-dealkylation sites (tertiary alicyclic amines) is 1. The van der Waals surface area contributed by atoms with Crippen molar-refractivity contribution in [3.05, 3.63) is 94.5 Å². The molecule has 37 heavy (non-hydrogen) atoms. The van der Waals surface area contributed by atoms with Crippen LogP contribution in [-0.2, 0) is 6.54 Å². The molecule has 1 unspecified atom stereocenters. The Bertz CT molecular complexity index is 1200. The van der Waals surface area contributed by atoms with Gasteiger partial charge in [-0.2, -0.15) is 0 Å². The van der Waals surface area contributed by atoms with Gasteiger partial charge in [0.05, 0.1) is 6.04 Å². The molecule has 3 aromatic carbocycles. The molecule has 1 amide bonds. The quantitative estimate of drug-likeness (QED) is 0.379. The highest BCUT2D eigenvalue weighted by atomic mass is 16.7. The third-order valence-electron chi connectivity index (χ3n) is 8.07. The normalized spacial score (nSPS) is 17.4. The molecule has 0 bridgehead atoms. The van der Waals surface area contributed by atoms with E-state index in [0.29, 0.717) is 18.6 Å². The molecule has 5 rings (SSSR count). The van der Waals surface area contributed by atoms with Crippen LogP contribution in [0.25, 0.3) is 0 Å². The van der Waals surface area contributed by atoms with Crippen LogP contribution < -0.4 is 14.8 Å². The minimum absolute atomic E-state index is 0.0107. The molecule has 2 atom stereocenters. The average molecular weight is 499 g/mol. The topological polar surface area (TPSA) is 50.8 Å². The summed E-state index contributed by atoms with van der Waals surface area (Å²) in [6, 6.07) is 23.0. The molecule has 2 aliphatic rings. The van der Waals surface area contributed by atoms with Gasteiger partial charge in [-0.3, -0.25) is 9.69 Å². The first-order valence-electron chi connectivity index (χ1n) is 13.6. The second-order valence-electron chi connectivity index (χ2n) is 10.6. The minimum Gasteiger partial charge on any atom is -0.454 e. The second kappa shape index (κ2) is 11.4. The van der Waals surface area contributed by atoms with Crippen molar-refractivity contribution in [1.29, 1.82) is 0 Å². The van der Waals surface area contributed by atoms with Gasteiger partial charge in [0.1, 0.15) is 0 Å². The Morgan fingerprint density at radius 1 is 0.946 bits per heavy atom. The van der Waals surface area contributed by atoms with Crippen LogP contribution in [-0.4, -0.2) is 30.7 Å². The average Bonchev–Trinajstić information content (AvgIpc) is 3.40. The lowest BCUT2D eigenvalue weighted by atomic mass is 9.81. The van der Waals surface area contributed by atoms with Gasteiger partial charge in [-0.25, -0.2) is 0 Å². The summed E-state index contributed by atoms with van der Waals surface area (Å²) in [5.74, 6) is 2.82. The van der Waals surface area contributed by atoms with Crippen LogP contribution in [0, 0.1) is 12.8 Å². The summed E-state index contributed by atoms with van der Waals surface area (Å²) in [4.78, 5) is 15.5. The summed E-state index contributed by atoms with van der Waals surface area (Å²) in [7, 11) is 0. The van der Waals surface area contributed by atoms with E-state index in [4.69, 9.17) is 9.47 Å². The number of benzene rings is 3. The first kappa shape index (κ1) is 25.3. The van der Waals surface area contributed by atoms with E-state index in [0.717, 1.165) is 48.7 Å². The maximum Gasteiger partial charge on any atom is 0.251 e. The molecule has 5 heteroatoms. The van der Waals surface area contributed by atoms with E-state index in [9.17, 15) is 4.79 Å². The van der Waals surface area contributed by atoms with Crippen LogP contribution in [0.3, 0.4) is 0 Å². The zero-order valence-electron chi connectivity index (χ0n) is 22.2. The largest absolute Gasteiger partial charge is 0.454 e. The fourth-order valence-corrected chi connectivity index (χ4v) is 5.58. The standard InChI is InChI=1S/C32H38N2O3/c1-4-29(27-8-5-22(2)6-9-27)33-32(35)28-12-10-25(11-13-28)23(3)26-15-17-34(18-16-26)20-24-7-14-30-31(19-24)37-21-36-30/h5-14,19,23,26,29H,4,15-18,20-21H2,1-3H3,(H,33,35)/t23?,29-/m1/s1. The van der Waals surface area contributed by atoms with E-state index in [1.54, 1.807) is 0 Å². The molecule has 0 radical (unpaired) electrons. The molecule has 2 heterocycles. The molecule has 0 aliphatic carbocycles. The van der Waals surface area contributed by atoms with Crippen molar-refractivity contribution in [1.82, 2.24) is 10.2 Å². The van der Waals surface area contributed by atoms with Crippen molar-refractivity contribution in [3.63, 3.8) is 0 Å². The van der Waals surface area contributed by atoms with Gasteiger partial charge in [0, 0.05) is 12.1 Å². The van der Waals surface area contributed by atoms with Crippen molar-refractivity contribution >= 4 is 5.91 Å². The number of fused-ring (bicyclic) bond motifs is 1. The number of hydrogen-bond donors (Lipinski definition) is 1. The van der Waals surface area contributed by atoms with Crippen LogP contribution in [0.2, 0.25) is 0 Å². The zero-order chi connectivity index (χ0) is 25.8. The predicted molar refractivity (Wildman–Crippen MR) is 147 cm³/mol. The van der Waals surface area contributed by atoms with Gasteiger partial charge in [0.25, 0.3) is 5.91 Å². The number of aryl methyl sites for hydroxylation is 1. The Labute approximate surface area is 220 Å². The smallest absolute Gasteiger partial charge is 0.251 e. The van der Waals surface area contributed by atoms with Gasteiger partial charge >= 0.3 is 0 Å². The molecule has 1 N–H and O–H groups in total. The van der Waals surface area contributed by atoms with Crippen LogP contribution in [0.4, 0.5) is 0 Å². The Kier molecular flexibility index (Phi) is 7.80. The van der Waals surface area contributed by atoms with Gasteiger partial charge < -0.3 is 14.8 Å². The Morgan fingerprint density at radius 2 is 1.62 bits per heavy atom. The van der Waals surface area contributed by atoms with E-state index >= 15 is 0 Å². The molecular formula is C32H38N2O3. The van der Waals surface area contributed by atoms with Crippen LogP contribution in [0.5, 0.6) is 11.5 Å². The molecule has 3 aromatic rings. The number of amides is 1. The minimum atomic E-state index is -0.0107. The molecule has 1 saturated heterocycles. The fourth-order valence-electron chi connectivity index (χ4n) is 5.58. The van der Waals surface area contributed by atoms with E-state index in [1.165, 1.54) is 29.5 Å². The van der Waals surface area contributed by atoms with Gasteiger partial charge in [-0.15, -0.1) is 0 Å². The number of nitrogens with zero attached hydrogens (tertiary/aromatic N) is 1. The molecule has 0 saturated carbocycles.